The lowest BCUT2D eigenvalue weighted by atomic mass is 9.89. The van der Waals surface area contributed by atoms with Crippen LogP contribution < -0.4 is 0 Å². The van der Waals surface area contributed by atoms with Gasteiger partial charge >= 0.3 is 0 Å². The van der Waals surface area contributed by atoms with Crippen LogP contribution in [0.5, 0.6) is 0 Å². The lowest BCUT2D eigenvalue weighted by Crippen LogP contribution is -2.25. The van der Waals surface area contributed by atoms with E-state index in [9.17, 15) is 5.11 Å². The van der Waals surface area contributed by atoms with Crippen molar-refractivity contribution in [3.05, 3.63) is 6.61 Å². The molecular formula is C8H11O4+. The zero-order valence-electron chi connectivity index (χ0n) is 6.55. The SMILES string of the molecule is O[C@H]1[CH+]O[C@H]2O[C@@H]3OCC[C@@H]3[C@H]21. The molecule has 0 amide bonds. The van der Waals surface area contributed by atoms with Crippen LogP contribution >= 0.6 is 0 Å². The summed E-state index contributed by atoms with van der Waals surface area (Å²) in [7, 11) is 0. The summed E-state index contributed by atoms with van der Waals surface area (Å²) in [5.41, 5.74) is 0. The van der Waals surface area contributed by atoms with E-state index in [-0.39, 0.29) is 18.5 Å². The largest absolute Gasteiger partial charge is 0.352 e. The van der Waals surface area contributed by atoms with E-state index in [1.165, 1.54) is 6.61 Å². The molecule has 0 aromatic heterocycles. The van der Waals surface area contributed by atoms with Gasteiger partial charge in [0, 0.05) is 5.92 Å². The molecule has 0 spiro atoms. The summed E-state index contributed by atoms with van der Waals surface area (Å²) in [6, 6.07) is 0. The summed E-state index contributed by atoms with van der Waals surface area (Å²) in [6.07, 6.45) is 0.0884. The first kappa shape index (κ1) is 7.15. The Balaban J connectivity index is 1.85. The molecule has 3 saturated heterocycles. The maximum absolute atomic E-state index is 9.53. The van der Waals surface area contributed by atoms with Crippen LogP contribution in [-0.4, -0.2) is 30.4 Å². The lowest BCUT2D eigenvalue weighted by molar-refractivity contribution is -0.180. The van der Waals surface area contributed by atoms with E-state index >= 15 is 0 Å². The topological polar surface area (TPSA) is 47.9 Å². The fraction of sp³-hybridized carbons (Fsp3) is 0.875. The maximum Gasteiger partial charge on any atom is 0.261 e. The fourth-order valence-corrected chi connectivity index (χ4v) is 2.30. The van der Waals surface area contributed by atoms with Crippen LogP contribution in [0.4, 0.5) is 0 Å². The Labute approximate surface area is 70.4 Å². The molecule has 5 atom stereocenters. The Kier molecular flexibility index (Phi) is 1.40. The smallest absolute Gasteiger partial charge is 0.261 e. The zero-order valence-corrected chi connectivity index (χ0v) is 6.55. The van der Waals surface area contributed by atoms with Crippen molar-refractivity contribution in [3.8, 4) is 0 Å². The first-order valence-electron chi connectivity index (χ1n) is 4.30. The molecule has 0 aliphatic carbocycles. The molecule has 1 N–H and O–H groups in total. The first-order chi connectivity index (χ1) is 5.86. The third-order valence-electron chi connectivity index (χ3n) is 2.91. The highest BCUT2D eigenvalue weighted by Gasteiger charge is 2.59. The molecule has 0 aromatic rings. The summed E-state index contributed by atoms with van der Waals surface area (Å²) < 4.78 is 15.9. The van der Waals surface area contributed by atoms with Gasteiger partial charge in [-0.25, -0.2) is 0 Å². The van der Waals surface area contributed by atoms with Gasteiger partial charge in [0.25, 0.3) is 6.61 Å². The Morgan fingerprint density at radius 3 is 3.17 bits per heavy atom. The summed E-state index contributed by atoms with van der Waals surface area (Å²) in [5.74, 6) is 0.418. The molecule has 12 heavy (non-hydrogen) atoms. The Morgan fingerprint density at radius 1 is 1.33 bits per heavy atom. The summed E-state index contributed by atoms with van der Waals surface area (Å²) in [5, 5.41) is 9.53. The van der Waals surface area contributed by atoms with E-state index < -0.39 is 6.10 Å². The Bertz CT molecular complexity index is 195. The second-order valence-corrected chi connectivity index (χ2v) is 3.54. The van der Waals surface area contributed by atoms with Gasteiger partial charge in [-0.05, 0) is 6.42 Å². The molecule has 0 saturated carbocycles. The molecule has 3 rings (SSSR count). The van der Waals surface area contributed by atoms with Crippen molar-refractivity contribution in [2.75, 3.05) is 6.61 Å². The summed E-state index contributed by atoms with van der Waals surface area (Å²) >= 11 is 0. The fourth-order valence-electron chi connectivity index (χ4n) is 2.30. The Hall–Kier alpha value is -0.290. The first-order valence-corrected chi connectivity index (χ1v) is 4.30. The average Bonchev–Trinajstić information content (AvgIpc) is 2.61. The molecule has 3 heterocycles. The van der Waals surface area contributed by atoms with Gasteiger partial charge in [0.05, 0.1) is 12.5 Å². The third kappa shape index (κ3) is 0.781. The summed E-state index contributed by atoms with van der Waals surface area (Å²) in [4.78, 5) is 0. The highest BCUT2D eigenvalue weighted by atomic mass is 16.8. The van der Waals surface area contributed by atoms with Crippen LogP contribution in [-0.2, 0) is 14.2 Å². The number of aliphatic hydroxyl groups is 1. The molecule has 66 valence electrons. The van der Waals surface area contributed by atoms with Crippen molar-refractivity contribution in [1.29, 1.82) is 0 Å². The van der Waals surface area contributed by atoms with Gasteiger partial charge in [-0.2, -0.15) is 4.74 Å². The highest BCUT2D eigenvalue weighted by molar-refractivity contribution is 4.97. The minimum atomic E-state index is -0.480. The molecule has 3 aliphatic heterocycles. The van der Waals surface area contributed by atoms with Crippen molar-refractivity contribution in [3.63, 3.8) is 0 Å². The molecule has 0 bridgehead atoms. The van der Waals surface area contributed by atoms with E-state index in [4.69, 9.17) is 14.2 Å². The van der Waals surface area contributed by atoms with Crippen LogP contribution in [0.25, 0.3) is 0 Å². The Morgan fingerprint density at radius 2 is 2.25 bits per heavy atom. The van der Waals surface area contributed by atoms with Gasteiger partial charge in [0.15, 0.2) is 6.29 Å². The van der Waals surface area contributed by atoms with Gasteiger partial charge in [0.2, 0.25) is 12.4 Å². The number of hydrogen-bond donors (Lipinski definition) is 1. The molecule has 3 aliphatic rings. The van der Waals surface area contributed by atoms with Gasteiger partial charge in [-0.15, -0.1) is 0 Å². The second-order valence-electron chi connectivity index (χ2n) is 3.54. The van der Waals surface area contributed by atoms with Crippen LogP contribution in [0.15, 0.2) is 0 Å². The monoisotopic (exact) mass is 171 g/mol. The predicted octanol–water partition coefficient (Wildman–Crippen LogP) is -0.126. The van der Waals surface area contributed by atoms with Crippen LogP contribution in [0.1, 0.15) is 6.42 Å². The van der Waals surface area contributed by atoms with Gasteiger partial charge in [-0.3, -0.25) is 0 Å². The molecular weight excluding hydrogens is 160 g/mol. The number of ether oxygens (including phenoxy) is 3. The van der Waals surface area contributed by atoms with Gasteiger partial charge in [0.1, 0.15) is 0 Å². The van der Waals surface area contributed by atoms with Crippen molar-refractivity contribution in [2.45, 2.75) is 25.1 Å². The number of aliphatic hydroxyl groups excluding tert-OH is 1. The molecule has 4 nitrogen and oxygen atoms in total. The minimum Gasteiger partial charge on any atom is -0.352 e. The predicted molar refractivity (Wildman–Crippen MR) is 37.6 cm³/mol. The van der Waals surface area contributed by atoms with Crippen LogP contribution in [0.3, 0.4) is 0 Å². The normalized spacial score (nSPS) is 56.6. The minimum absolute atomic E-state index is 0.0949. The molecule has 0 unspecified atom stereocenters. The van der Waals surface area contributed by atoms with Crippen molar-refractivity contribution in [1.82, 2.24) is 0 Å². The second kappa shape index (κ2) is 2.35. The zero-order chi connectivity index (χ0) is 8.13. The highest BCUT2D eigenvalue weighted by Crippen LogP contribution is 2.45. The maximum atomic E-state index is 9.53. The quantitative estimate of drug-likeness (QED) is 0.516. The van der Waals surface area contributed by atoms with E-state index in [1.54, 1.807) is 0 Å². The van der Waals surface area contributed by atoms with Crippen LogP contribution in [0.2, 0.25) is 0 Å². The number of rotatable bonds is 0. The van der Waals surface area contributed by atoms with Crippen molar-refractivity contribution in [2.24, 2.45) is 11.8 Å². The van der Waals surface area contributed by atoms with E-state index in [1.807, 2.05) is 0 Å². The van der Waals surface area contributed by atoms with E-state index in [0.717, 1.165) is 13.0 Å². The summed E-state index contributed by atoms with van der Waals surface area (Å²) in [6.45, 7) is 2.20. The average molecular weight is 171 g/mol. The molecule has 0 radical (unpaired) electrons. The third-order valence-corrected chi connectivity index (χ3v) is 2.91. The van der Waals surface area contributed by atoms with E-state index in [2.05, 4.69) is 0 Å². The van der Waals surface area contributed by atoms with E-state index in [0.29, 0.717) is 5.92 Å². The lowest BCUT2D eigenvalue weighted by Gasteiger charge is -2.09. The molecule has 4 heteroatoms. The van der Waals surface area contributed by atoms with Crippen LogP contribution in [0, 0.1) is 18.4 Å². The number of hydrogen-bond acceptors (Lipinski definition) is 4. The molecule has 3 fully saturated rings. The van der Waals surface area contributed by atoms with Crippen molar-refractivity contribution >= 4 is 0 Å². The molecule has 0 aromatic carbocycles. The van der Waals surface area contributed by atoms with Gasteiger partial charge < -0.3 is 14.6 Å². The standard InChI is InChI=1S/C8H11O4/c9-5-3-11-8-6(5)4-1-2-10-7(4)12-8/h3-9H,1-2H2/q+1/t4-,5+,6+,7+,8+/m1/s1. The number of fused-ring (bicyclic) bond motifs is 3. The van der Waals surface area contributed by atoms with Crippen molar-refractivity contribution < 1.29 is 19.3 Å². The van der Waals surface area contributed by atoms with Gasteiger partial charge in [-0.1, -0.05) is 0 Å².